The Bertz CT molecular complexity index is 939. The van der Waals surface area contributed by atoms with E-state index < -0.39 is 5.97 Å². The van der Waals surface area contributed by atoms with E-state index in [2.05, 4.69) is 4.98 Å². The lowest BCUT2D eigenvalue weighted by Crippen LogP contribution is -2.31. The number of anilines is 1. The van der Waals surface area contributed by atoms with Crippen LogP contribution in [0.3, 0.4) is 0 Å². The highest BCUT2D eigenvalue weighted by Gasteiger charge is 2.14. The Morgan fingerprint density at radius 2 is 1.79 bits per heavy atom. The summed E-state index contributed by atoms with van der Waals surface area (Å²) in [4.78, 5) is 30.1. The number of carbonyl (C=O) groups excluding carboxylic acids is 2. The van der Waals surface area contributed by atoms with Crippen LogP contribution in [0, 0.1) is 6.92 Å². The predicted molar refractivity (Wildman–Crippen MR) is 108 cm³/mol. The summed E-state index contributed by atoms with van der Waals surface area (Å²) in [5.74, 6) is -0.239. The summed E-state index contributed by atoms with van der Waals surface area (Å²) in [7, 11) is 1.64. The van der Waals surface area contributed by atoms with Crippen molar-refractivity contribution in [2.75, 3.05) is 18.6 Å². The van der Waals surface area contributed by atoms with Crippen molar-refractivity contribution in [2.45, 2.75) is 13.5 Å². The van der Waals surface area contributed by atoms with Gasteiger partial charge in [0.2, 0.25) is 0 Å². The summed E-state index contributed by atoms with van der Waals surface area (Å²) in [5, 5.41) is 2.94. The van der Waals surface area contributed by atoms with Crippen molar-refractivity contribution in [1.82, 2.24) is 4.98 Å². The third kappa shape index (κ3) is 5.17. The van der Waals surface area contributed by atoms with Gasteiger partial charge in [0, 0.05) is 18.1 Å². The van der Waals surface area contributed by atoms with Crippen LogP contribution >= 0.6 is 11.3 Å². The number of likely N-dealkylation sites (N-methyl/N-ethyl adjacent to an activating group) is 1. The number of ether oxygens (including phenoxy) is 2. The molecule has 0 radical (unpaired) electrons. The molecule has 0 spiro atoms. The number of rotatable bonds is 7. The highest BCUT2D eigenvalue weighted by Crippen LogP contribution is 2.16. The Kier molecular flexibility index (Phi) is 6.39. The van der Waals surface area contributed by atoms with E-state index in [9.17, 15) is 9.59 Å². The average Bonchev–Trinajstić information content (AvgIpc) is 3.16. The normalized spacial score (nSPS) is 10.4. The van der Waals surface area contributed by atoms with E-state index in [1.54, 1.807) is 42.6 Å². The van der Waals surface area contributed by atoms with Gasteiger partial charge in [-0.1, -0.05) is 18.2 Å². The summed E-state index contributed by atoms with van der Waals surface area (Å²) in [6, 6.07) is 15.8. The number of benzene rings is 2. The number of aryl methyl sites for hydroxylation is 1. The molecule has 2 aromatic carbocycles. The van der Waals surface area contributed by atoms with E-state index in [0.29, 0.717) is 17.9 Å². The Hall–Kier alpha value is -3.19. The smallest absolute Gasteiger partial charge is 0.338 e. The van der Waals surface area contributed by atoms with Gasteiger partial charge in [-0.15, -0.1) is 11.3 Å². The molecule has 0 fully saturated rings. The lowest BCUT2D eigenvalue weighted by molar-refractivity contribution is -0.121. The monoisotopic (exact) mass is 396 g/mol. The number of carbonyl (C=O) groups is 2. The molecule has 1 heterocycles. The highest BCUT2D eigenvalue weighted by atomic mass is 32.1. The van der Waals surface area contributed by atoms with Gasteiger partial charge in [-0.05, 0) is 43.3 Å². The van der Waals surface area contributed by atoms with E-state index in [-0.39, 0.29) is 12.5 Å². The van der Waals surface area contributed by atoms with Crippen molar-refractivity contribution in [1.29, 1.82) is 0 Å². The fraction of sp³-hybridized carbons (Fsp3) is 0.190. The van der Waals surface area contributed by atoms with Crippen LogP contribution in [0.25, 0.3) is 0 Å². The number of thiazole rings is 1. The molecule has 0 aliphatic carbocycles. The Morgan fingerprint density at radius 1 is 1.07 bits per heavy atom. The molecule has 1 aromatic heterocycles. The predicted octanol–water partition coefficient (Wildman–Crippen LogP) is 3.85. The van der Waals surface area contributed by atoms with Crippen LogP contribution < -0.4 is 9.64 Å². The summed E-state index contributed by atoms with van der Waals surface area (Å²) in [6.07, 6.45) is 0. The molecule has 0 bridgehead atoms. The number of hydrogen-bond donors (Lipinski definition) is 0. The van der Waals surface area contributed by atoms with Gasteiger partial charge >= 0.3 is 5.97 Å². The van der Waals surface area contributed by atoms with Crippen molar-refractivity contribution >= 4 is 28.9 Å². The third-order valence-electron chi connectivity index (χ3n) is 3.99. The molecular formula is C21H20N2O4S. The van der Waals surface area contributed by atoms with Crippen molar-refractivity contribution < 1.29 is 19.1 Å². The van der Waals surface area contributed by atoms with Crippen LogP contribution in [0.4, 0.5) is 5.69 Å². The molecule has 6 nitrogen and oxygen atoms in total. The van der Waals surface area contributed by atoms with Crippen molar-refractivity contribution in [3.63, 3.8) is 0 Å². The second kappa shape index (κ2) is 9.14. The SMILES string of the molecule is Cc1nc(COc2ccc(C(=O)OCC(=O)N(C)c3ccccc3)cc2)cs1. The van der Waals surface area contributed by atoms with Gasteiger partial charge in [-0.25, -0.2) is 9.78 Å². The van der Waals surface area contributed by atoms with Gasteiger partial charge in [0.1, 0.15) is 12.4 Å². The van der Waals surface area contributed by atoms with Gasteiger partial charge < -0.3 is 14.4 Å². The number of hydrogen-bond acceptors (Lipinski definition) is 6. The first-order valence-electron chi connectivity index (χ1n) is 8.65. The molecule has 0 saturated carbocycles. The maximum Gasteiger partial charge on any atom is 0.338 e. The van der Waals surface area contributed by atoms with E-state index in [1.807, 2.05) is 42.6 Å². The Labute approximate surface area is 167 Å². The summed E-state index contributed by atoms with van der Waals surface area (Å²) < 4.78 is 10.8. The van der Waals surface area contributed by atoms with Crippen molar-refractivity contribution in [3.05, 3.63) is 76.2 Å². The van der Waals surface area contributed by atoms with Gasteiger partial charge in [0.05, 0.1) is 16.3 Å². The molecule has 3 rings (SSSR count). The van der Waals surface area contributed by atoms with Crippen LogP contribution in [0.2, 0.25) is 0 Å². The standard InChI is InChI=1S/C21H20N2O4S/c1-15-22-17(14-28-15)12-26-19-10-8-16(9-11-19)21(25)27-13-20(24)23(2)18-6-4-3-5-7-18/h3-11,14H,12-13H2,1-2H3. The minimum atomic E-state index is -0.559. The van der Waals surface area contributed by atoms with Crippen molar-refractivity contribution in [3.8, 4) is 5.75 Å². The Balaban J connectivity index is 1.49. The number of para-hydroxylation sites is 1. The minimum absolute atomic E-state index is 0.307. The topological polar surface area (TPSA) is 68.7 Å². The van der Waals surface area contributed by atoms with E-state index in [0.717, 1.165) is 16.4 Å². The molecule has 28 heavy (non-hydrogen) atoms. The number of nitrogens with zero attached hydrogens (tertiary/aromatic N) is 2. The second-order valence-corrected chi connectivity index (χ2v) is 7.10. The van der Waals surface area contributed by atoms with Crippen LogP contribution in [-0.2, 0) is 16.1 Å². The van der Waals surface area contributed by atoms with Gasteiger partial charge in [0.25, 0.3) is 5.91 Å². The van der Waals surface area contributed by atoms with Gasteiger partial charge in [0.15, 0.2) is 6.61 Å². The zero-order valence-electron chi connectivity index (χ0n) is 15.6. The van der Waals surface area contributed by atoms with E-state index in [4.69, 9.17) is 9.47 Å². The maximum absolute atomic E-state index is 12.2. The fourth-order valence-electron chi connectivity index (χ4n) is 2.42. The number of aromatic nitrogens is 1. The van der Waals surface area contributed by atoms with E-state index in [1.165, 1.54) is 4.90 Å². The van der Waals surface area contributed by atoms with Crippen LogP contribution in [0.1, 0.15) is 21.1 Å². The summed E-state index contributed by atoms with van der Waals surface area (Å²) in [5.41, 5.74) is 1.96. The van der Waals surface area contributed by atoms with Crippen molar-refractivity contribution in [2.24, 2.45) is 0 Å². The van der Waals surface area contributed by atoms with Crippen LogP contribution in [0.15, 0.2) is 60.0 Å². The zero-order chi connectivity index (χ0) is 19.9. The molecule has 0 saturated heterocycles. The van der Waals surface area contributed by atoms with Gasteiger partial charge in [-0.2, -0.15) is 0 Å². The Morgan fingerprint density at radius 3 is 2.43 bits per heavy atom. The summed E-state index contributed by atoms with van der Waals surface area (Å²) in [6.45, 7) is 1.98. The first-order valence-corrected chi connectivity index (χ1v) is 9.53. The van der Waals surface area contributed by atoms with E-state index >= 15 is 0 Å². The lowest BCUT2D eigenvalue weighted by Gasteiger charge is -2.17. The third-order valence-corrected chi connectivity index (χ3v) is 4.81. The maximum atomic E-state index is 12.2. The fourth-order valence-corrected chi connectivity index (χ4v) is 3.02. The highest BCUT2D eigenvalue weighted by molar-refractivity contribution is 7.09. The molecular weight excluding hydrogens is 376 g/mol. The first-order chi connectivity index (χ1) is 13.5. The molecule has 7 heteroatoms. The number of amides is 1. The molecule has 1 amide bonds. The quantitative estimate of drug-likeness (QED) is 0.568. The van der Waals surface area contributed by atoms with Gasteiger partial charge in [-0.3, -0.25) is 4.79 Å². The average molecular weight is 396 g/mol. The molecule has 0 N–H and O–H groups in total. The van der Waals surface area contributed by atoms with Crippen LogP contribution in [-0.4, -0.2) is 30.5 Å². The molecule has 0 atom stereocenters. The minimum Gasteiger partial charge on any atom is -0.487 e. The summed E-state index contributed by atoms with van der Waals surface area (Å²) >= 11 is 1.57. The lowest BCUT2D eigenvalue weighted by atomic mass is 10.2. The molecule has 3 aromatic rings. The molecule has 0 unspecified atom stereocenters. The largest absolute Gasteiger partial charge is 0.487 e. The molecule has 0 aliphatic heterocycles. The first kappa shape index (κ1) is 19.6. The zero-order valence-corrected chi connectivity index (χ0v) is 16.4. The molecule has 144 valence electrons. The second-order valence-electron chi connectivity index (χ2n) is 6.04. The van der Waals surface area contributed by atoms with Crippen LogP contribution in [0.5, 0.6) is 5.75 Å². The number of esters is 1. The molecule has 0 aliphatic rings.